The molecule has 1 heterocycles. The van der Waals surface area contributed by atoms with Crippen molar-refractivity contribution in [3.8, 4) is 0 Å². The van der Waals surface area contributed by atoms with Crippen molar-refractivity contribution in [3.63, 3.8) is 0 Å². The number of carbonyl (C=O) groups excluding carboxylic acids is 4. The smallest absolute Gasteiger partial charge is 0.463 e. The molecule has 188 valence electrons. The van der Waals surface area contributed by atoms with E-state index in [9.17, 15) is 19.2 Å². The summed E-state index contributed by atoms with van der Waals surface area (Å²) in [4.78, 5) is 45.1. The molecule has 0 aromatic carbocycles. The average Bonchev–Trinajstić information content (AvgIpc) is 2.66. The second kappa shape index (κ2) is 17.8. The van der Waals surface area contributed by atoms with Gasteiger partial charge in [0.15, 0.2) is 18.3 Å². The Morgan fingerprint density at radius 1 is 0.750 bits per heavy atom. The van der Waals surface area contributed by atoms with Crippen molar-refractivity contribution in [2.75, 3.05) is 25.1 Å². The summed E-state index contributed by atoms with van der Waals surface area (Å²) < 4.78 is 25.8. The van der Waals surface area contributed by atoms with Gasteiger partial charge in [0.2, 0.25) is 0 Å². The maximum absolute atomic E-state index is 11.4. The second-order valence-corrected chi connectivity index (χ2v) is 10.5. The number of rotatable bonds is 8. The molecule has 32 heavy (non-hydrogen) atoms. The van der Waals surface area contributed by atoms with Crippen LogP contribution in [0.15, 0.2) is 0 Å². The third-order valence-corrected chi connectivity index (χ3v) is 7.41. The molecule has 0 aromatic heterocycles. The largest absolute Gasteiger partial charge is 3.00 e. The maximum Gasteiger partial charge on any atom is 3.00 e. The summed E-state index contributed by atoms with van der Waals surface area (Å²) in [6.45, 7) is 11.3. The molecule has 9 nitrogen and oxygen atoms in total. The Morgan fingerprint density at radius 3 is 1.50 bits per heavy atom. The number of carbonyl (C=O) groups is 4. The van der Waals surface area contributed by atoms with Gasteiger partial charge in [-0.05, 0) is 18.5 Å². The first kappa shape index (κ1) is 33.5. The number of ether oxygens (including phenoxy) is 5. The molecule has 0 aromatic rings. The van der Waals surface area contributed by atoms with Crippen molar-refractivity contribution in [3.05, 3.63) is 0 Å². The molecule has 1 saturated heterocycles. The first-order valence-electron chi connectivity index (χ1n) is 10.2. The maximum atomic E-state index is 11.4. The van der Waals surface area contributed by atoms with E-state index >= 15 is 0 Å². The Kier molecular flexibility index (Phi) is 18.6. The Morgan fingerprint density at radius 2 is 1.16 bits per heavy atom. The summed E-state index contributed by atoms with van der Waals surface area (Å²) in [7, 11) is 0.446. The molecule has 0 bridgehead atoms. The van der Waals surface area contributed by atoms with E-state index in [2.05, 4.69) is 33.4 Å². The van der Waals surface area contributed by atoms with Crippen LogP contribution in [0.25, 0.3) is 0 Å². The van der Waals surface area contributed by atoms with E-state index < -0.39 is 53.7 Å². The van der Waals surface area contributed by atoms with Crippen molar-refractivity contribution in [2.45, 2.75) is 78.3 Å². The van der Waals surface area contributed by atoms with Gasteiger partial charge in [0.05, 0.1) is 0 Å². The quantitative estimate of drug-likeness (QED) is 0.136. The van der Waals surface area contributed by atoms with E-state index in [0.717, 1.165) is 20.8 Å². The van der Waals surface area contributed by atoms with Crippen LogP contribution in [0.2, 0.25) is 0 Å². The molecule has 0 N–H and O–H groups in total. The van der Waals surface area contributed by atoms with Crippen LogP contribution in [0.1, 0.15) is 48.5 Å². The fourth-order valence-electron chi connectivity index (χ4n) is 2.88. The van der Waals surface area contributed by atoms with Gasteiger partial charge in [0.1, 0.15) is 18.1 Å². The van der Waals surface area contributed by atoms with Gasteiger partial charge in [-0.3, -0.25) is 19.2 Å². The summed E-state index contributed by atoms with van der Waals surface area (Å²) in [5.41, 5.74) is -0.981. The molecule has 5 atom stereocenters. The standard InChI is InChI=1S/C14H20O9S.C6H15P.Au/c1-6(15)19-5-10-11(20-7(2)16)12(21-8(3)17)13(14(24)23-10)22-9(4)18;1-4-7(5-2)6-3;/h10-14,24H,5H2,1-4H3;4-6H2,1-3H3;/q;;+3. The summed E-state index contributed by atoms with van der Waals surface area (Å²) >= 11 is 4.18. The summed E-state index contributed by atoms with van der Waals surface area (Å²) in [5, 5.41) is 0. The molecule has 1 aliphatic heterocycles. The molecular formula is C20H35AuO9PS+3. The monoisotopic (exact) mass is 679 g/mol. The average molecular weight is 679 g/mol. The van der Waals surface area contributed by atoms with Crippen LogP contribution in [-0.2, 0) is 65.2 Å². The van der Waals surface area contributed by atoms with E-state index in [1.165, 1.54) is 25.4 Å². The molecule has 1 rings (SSSR count). The normalized spacial score (nSPS) is 24.2. The minimum Gasteiger partial charge on any atom is -0.463 e. The Balaban J connectivity index is 0. The van der Waals surface area contributed by atoms with E-state index in [1.54, 1.807) is 0 Å². The second-order valence-electron chi connectivity index (χ2n) is 6.71. The molecule has 1 aliphatic rings. The zero-order valence-corrected chi connectivity index (χ0v) is 23.5. The van der Waals surface area contributed by atoms with Crippen LogP contribution >= 0.6 is 20.6 Å². The van der Waals surface area contributed by atoms with Crippen molar-refractivity contribution in [1.29, 1.82) is 0 Å². The van der Waals surface area contributed by atoms with Crippen molar-refractivity contribution in [1.82, 2.24) is 0 Å². The molecule has 0 saturated carbocycles. The van der Waals surface area contributed by atoms with E-state index in [-0.39, 0.29) is 29.0 Å². The third kappa shape index (κ3) is 13.2. The van der Waals surface area contributed by atoms with Crippen LogP contribution < -0.4 is 0 Å². The van der Waals surface area contributed by atoms with Crippen LogP contribution in [-0.4, -0.2) is 78.8 Å². The van der Waals surface area contributed by atoms with Gasteiger partial charge in [-0.15, -0.1) is 20.6 Å². The van der Waals surface area contributed by atoms with E-state index in [1.807, 2.05) is 0 Å². The van der Waals surface area contributed by atoms with Gasteiger partial charge in [-0.25, -0.2) is 0 Å². The fraction of sp³-hybridized carbons (Fsp3) is 0.800. The summed E-state index contributed by atoms with van der Waals surface area (Å²) in [6.07, 6.45) is -0.0952. The molecule has 12 heteroatoms. The minimum atomic E-state index is -1.16. The number of esters is 4. The number of hydrogen-bond donors (Lipinski definition) is 1. The van der Waals surface area contributed by atoms with Crippen molar-refractivity contribution >= 4 is 44.4 Å². The van der Waals surface area contributed by atoms with Crippen LogP contribution in [0.3, 0.4) is 0 Å². The zero-order chi connectivity index (χ0) is 24.1. The van der Waals surface area contributed by atoms with Crippen molar-refractivity contribution in [2.24, 2.45) is 0 Å². The predicted molar refractivity (Wildman–Crippen MR) is 119 cm³/mol. The van der Waals surface area contributed by atoms with Gasteiger partial charge >= 0.3 is 46.3 Å². The van der Waals surface area contributed by atoms with Crippen molar-refractivity contribution < 1.29 is 65.2 Å². The minimum absolute atomic E-state index is 0. The molecular weight excluding hydrogens is 644 g/mol. The summed E-state index contributed by atoms with van der Waals surface area (Å²) in [5.74, 6) is -2.57. The van der Waals surface area contributed by atoms with Gasteiger partial charge in [0.25, 0.3) is 0 Å². The van der Waals surface area contributed by atoms with Crippen LogP contribution in [0, 0.1) is 0 Å². The van der Waals surface area contributed by atoms with Gasteiger partial charge in [-0.2, -0.15) is 0 Å². The Labute approximate surface area is 212 Å². The van der Waals surface area contributed by atoms with Gasteiger partial charge in [-0.1, -0.05) is 20.8 Å². The van der Waals surface area contributed by atoms with Crippen LogP contribution in [0.4, 0.5) is 0 Å². The molecule has 0 aliphatic carbocycles. The number of hydrogen-bond acceptors (Lipinski definition) is 10. The SMILES string of the molecule is CC(=O)OCC1OC(S)C(OC(C)=O)C(OC(C)=O)C1OC(C)=O.CCP(CC)CC.[Au+3]. The Bertz CT molecular complexity index is 598. The zero-order valence-electron chi connectivity index (χ0n) is 19.6. The molecule has 0 spiro atoms. The first-order chi connectivity index (χ1) is 14.5. The van der Waals surface area contributed by atoms with Crippen LogP contribution in [0.5, 0.6) is 0 Å². The molecule has 5 unspecified atom stereocenters. The third-order valence-electron chi connectivity index (χ3n) is 4.31. The topological polar surface area (TPSA) is 114 Å². The first-order valence-corrected chi connectivity index (χ1v) is 12.6. The fourth-order valence-corrected chi connectivity index (χ4v) is 4.60. The molecule has 0 amide bonds. The Hall–Kier alpha value is -0.640. The van der Waals surface area contributed by atoms with E-state index in [4.69, 9.17) is 23.7 Å². The molecule has 1 fully saturated rings. The van der Waals surface area contributed by atoms with Gasteiger partial charge < -0.3 is 23.7 Å². The predicted octanol–water partition coefficient (Wildman–Crippen LogP) is 2.52. The van der Waals surface area contributed by atoms with E-state index in [0.29, 0.717) is 7.92 Å². The summed E-state index contributed by atoms with van der Waals surface area (Å²) in [6, 6.07) is 0. The van der Waals surface area contributed by atoms with Gasteiger partial charge in [0, 0.05) is 27.7 Å². The molecule has 0 radical (unpaired) electrons. The number of thiol groups is 1.